The minimum absolute atomic E-state index is 0.116. The number of amides is 2. The van der Waals surface area contributed by atoms with Crippen LogP contribution in [0.15, 0.2) is 21.5 Å². The van der Waals surface area contributed by atoms with Crippen LogP contribution in [0, 0.1) is 12.3 Å². The lowest BCUT2D eigenvalue weighted by Crippen LogP contribution is -2.29. The molecule has 0 spiro atoms. The molecule has 25 heavy (non-hydrogen) atoms. The first kappa shape index (κ1) is 19.4. The van der Waals surface area contributed by atoms with Gasteiger partial charge in [0, 0.05) is 6.54 Å². The number of methoxy groups -OCH3 is 1. The summed E-state index contributed by atoms with van der Waals surface area (Å²) in [7, 11) is 1.52. The van der Waals surface area contributed by atoms with Crippen LogP contribution in [0.4, 0.5) is 4.79 Å². The Hall–Kier alpha value is -1.91. The van der Waals surface area contributed by atoms with E-state index in [0.29, 0.717) is 27.4 Å². The van der Waals surface area contributed by atoms with E-state index in [1.807, 2.05) is 6.92 Å². The summed E-state index contributed by atoms with van der Waals surface area (Å²) >= 11 is 4.37. The molecule has 0 N–H and O–H groups in total. The van der Waals surface area contributed by atoms with E-state index in [-0.39, 0.29) is 17.8 Å². The molecule has 0 aromatic heterocycles. The highest BCUT2D eigenvalue weighted by atomic mass is 79.9. The lowest BCUT2D eigenvalue weighted by Gasteiger charge is -2.12. The minimum atomic E-state index is -0.258. The molecule has 1 aliphatic rings. The Bertz CT molecular complexity index is 754. The number of hydrogen-bond donors (Lipinski definition) is 0. The molecule has 1 fully saturated rings. The molecule has 7 heteroatoms. The fourth-order valence-corrected chi connectivity index (χ4v) is 3.68. The highest BCUT2D eigenvalue weighted by molar-refractivity contribution is 9.10. The fraction of sp³-hybridized carbons (Fsp3) is 0.333. The summed E-state index contributed by atoms with van der Waals surface area (Å²) in [5, 5.41) is -0.232. The molecule has 1 aromatic rings. The van der Waals surface area contributed by atoms with E-state index in [9.17, 15) is 9.59 Å². The monoisotopic (exact) mass is 423 g/mol. The van der Waals surface area contributed by atoms with Gasteiger partial charge in [0.15, 0.2) is 11.5 Å². The van der Waals surface area contributed by atoms with Crippen molar-refractivity contribution in [2.45, 2.75) is 19.8 Å². The molecular weight excluding hydrogens is 406 g/mol. The molecule has 0 unspecified atom stereocenters. The van der Waals surface area contributed by atoms with Gasteiger partial charge in [-0.1, -0.05) is 19.3 Å². The molecule has 0 radical (unpaired) electrons. The molecule has 0 aliphatic carbocycles. The maximum Gasteiger partial charge on any atom is 0.293 e. The molecule has 5 nitrogen and oxygen atoms in total. The number of benzene rings is 1. The second-order valence-electron chi connectivity index (χ2n) is 5.21. The summed E-state index contributed by atoms with van der Waals surface area (Å²) in [6, 6.07) is 3.52. The predicted octanol–water partition coefficient (Wildman–Crippen LogP) is 4.31. The number of hydrogen-bond acceptors (Lipinski definition) is 5. The topological polar surface area (TPSA) is 55.8 Å². The molecule has 2 amide bonds. The predicted molar refractivity (Wildman–Crippen MR) is 103 cm³/mol. The van der Waals surface area contributed by atoms with Crippen molar-refractivity contribution in [1.82, 2.24) is 4.90 Å². The number of nitrogens with zero attached hydrogens (tertiary/aromatic N) is 1. The average Bonchev–Trinajstić information content (AvgIpc) is 2.85. The fourth-order valence-electron chi connectivity index (χ4n) is 2.24. The Morgan fingerprint density at radius 3 is 2.80 bits per heavy atom. The van der Waals surface area contributed by atoms with E-state index in [1.54, 1.807) is 18.2 Å². The SMILES string of the molecule is C#CCOc1c(Br)cc(/C=C2\SC(=O)N(CCCC)C2=O)cc1OC. The number of terminal acetylenes is 1. The van der Waals surface area contributed by atoms with E-state index < -0.39 is 0 Å². The van der Waals surface area contributed by atoms with Gasteiger partial charge < -0.3 is 9.47 Å². The van der Waals surface area contributed by atoms with E-state index in [4.69, 9.17) is 15.9 Å². The Morgan fingerprint density at radius 1 is 1.40 bits per heavy atom. The normalized spacial score (nSPS) is 15.6. The van der Waals surface area contributed by atoms with Crippen LogP contribution in [0.5, 0.6) is 11.5 Å². The van der Waals surface area contributed by atoms with Crippen molar-refractivity contribution < 1.29 is 19.1 Å². The van der Waals surface area contributed by atoms with Gasteiger partial charge in [0.25, 0.3) is 11.1 Å². The van der Waals surface area contributed by atoms with Crippen LogP contribution in [0.2, 0.25) is 0 Å². The molecule has 1 aromatic carbocycles. The smallest absolute Gasteiger partial charge is 0.293 e. The lowest BCUT2D eigenvalue weighted by atomic mass is 10.2. The first-order chi connectivity index (χ1) is 12.0. The molecule has 1 aliphatic heterocycles. The van der Waals surface area contributed by atoms with Gasteiger partial charge in [-0.3, -0.25) is 14.5 Å². The van der Waals surface area contributed by atoms with Gasteiger partial charge >= 0.3 is 0 Å². The molecule has 2 rings (SSSR count). The Kier molecular flexibility index (Phi) is 6.97. The van der Waals surface area contributed by atoms with Gasteiger partial charge in [0.2, 0.25) is 0 Å². The Labute approximate surface area is 159 Å². The number of carbonyl (C=O) groups excluding carboxylic acids is 2. The molecule has 132 valence electrons. The van der Waals surface area contributed by atoms with Gasteiger partial charge in [0.1, 0.15) is 6.61 Å². The second kappa shape index (κ2) is 8.97. The number of carbonyl (C=O) groups is 2. The summed E-state index contributed by atoms with van der Waals surface area (Å²) < 4.78 is 11.4. The van der Waals surface area contributed by atoms with E-state index in [0.717, 1.165) is 30.2 Å². The summed E-state index contributed by atoms with van der Waals surface area (Å²) in [6.07, 6.45) is 8.61. The molecular formula is C18H18BrNO4S. The maximum absolute atomic E-state index is 12.4. The third-order valence-corrected chi connectivity index (χ3v) is 4.95. The zero-order valence-electron chi connectivity index (χ0n) is 14.0. The van der Waals surface area contributed by atoms with Crippen molar-refractivity contribution >= 4 is 44.9 Å². The number of unbranched alkanes of at least 4 members (excludes halogenated alkanes) is 1. The van der Waals surface area contributed by atoms with Crippen molar-refractivity contribution in [3.8, 4) is 23.8 Å². The quantitative estimate of drug-likeness (QED) is 0.483. The van der Waals surface area contributed by atoms with E-state index >= 15 is 0 Å². The highest BCUT2D eigenvalue weighted by Crippen LogP contribution is 2.39. The van der Waals surface area contributed by atoms with Crippen LogP contribution in [0.3, 0.4) is 0 Å². The van der Waals surface area contributed by atoms with Crippen molar-refractivity contribution in [3.63, 3.8) is 0 Å². The first-order valence-electron chi connectivity index (χ1n) is 7.71. The summed E-state index contributed by atoms with van der Waals surface area (Å²) in [5.74, 6) is 3.12. The van der Waals surface area contributed by atoms with Crippen LogP contribution in [0.25, 0.3) is 6.08 Å². The van der Waals surface area contributed by atoms with Crippen LogP contribution >= 0.6 is 27.7 Å². The average molecular weight is 424 g/mol. The van der Waals surface area contributed by atoms with E-state index in [2.05, 4.69) is 21.9 Å². The number of halogens is 1. The van der Waals surface area contributed by atoms with Gasteiger partial charge in [0.05, 0.1) is 16.5 Å². The van der Waals surface area contributed by atoms with Gasteiger partial charge in [-0.2, -0.15) is 0 Å². The zero-order valence-corrected chi connectivity index (χ0v) is 16.4. The standard InChI is InChI=1S/C18H18BrNO4S/c1-4-6-7-20-17(21)15(25-18(20)22)11-12-9-13(19)16(24-8-5-2)14(10-12)23-3/h2,9-11H,4,6-8H2,1,3H3/b15-11-. The lowest BCUT2D eigenvalue weighted by molar-refractivity contribution is -0.122. The highest BCUT2D eigenvalue weighted by Gasteiger charge is 2.34. The van der Waals surface area contributed by atoms with Gasteiger partial charge in [-0.05, 0) is 57.9 Å². The summed E-state index contributed by atoms with van der Waals surface area (Å²) in [4.78, 5) is 26.1. The van der Waals surface area contributed by atoms with Crippen LogP contribution in [-0.4, -0.2) is 36.3 Å². The van der Waals surface area contributed by atoms with Gasteiger partial charge in [-0.25, -0.2) is 0 Å². The second-order valence-corrected chi connectivity index (χ2v) is 7.06. The first-order valence-corrected chi connectivity index (χ1v) is 9.31. The van der Waals surface area contributed by atoms with Crippen molar-refractivity contribution in [2.75, 3.05) is 20.3 Å². The van der Waals surface area contributed by atoms with Crippen LogP contribution < -0.4 is 9.47 Å². The van der Waals surface area contributed by atoms with E-state index in [1.165, 1.54) is 12.0 Å². The third-order valence-electron chi connectivity index (χ3n) is 3.46. The largest absolute Gasteiger partial charge is 0.493 e. The van der Waals surface area contributed by atoms with Crippen LogP contribution in [-0.2, 0) is 4.79 Å². The Balaban J connectivity index is 2.29. The van der Waals surface area contributed by atoms with Crippen molar-refractivity contribution in [3.05, 3.63) is 27.1 Å². The number of rotatable bonds is 7. The molecule has 1 heterocycles. The zero-order chi connectivity index (χ0) is 18.4. The molecule has 1 saturated heterocycles. The summed E-state index contributed by atoms with van der Waals surface area (Å²) in [6.45, 7) is 2.58. The number of ether oxygens (including phenoxy) is 2. The summed E-state index contributed by atoms with van der Waals surface area (Å²) in [5.41, 5.74) is 0.720. The van der Waals surface area contributed by atoms with Crippen molar-refractivity contribution in [1.29, 1.82) is 0 Å². The molecule has 0 atom stereocenters. The minimum Gasteiger partial charge on any atom is -0.493 e. The van der Waals surface area contributed by atoms with Crippen molar-refractivity contribution in [2.24, 2.45) is 0 Å². The number of imide groups is 1. The van der Waals surface area contributed by atoms with Crippen LogP contribution in [0.1, 0.15) is 25.3 Å². The number of thioether (sulfide) groups is 1. The third kappa shape index (κ3) is 4.59. The van der Waals surface area contributed by atoms with Gasteiger partial charge in [-0.15, -0.1) is 6.42 Å². The molecule has 0 saturated carbocycles. The Morgan fingerprint density at radius 2 is 2.16 bits per heavy atom. The molecule has 0 bridgehead atoms. The maximum atomic E-state index is 12.4.